The van der Waals surface area contributed by atoms with Gasteiger partial charge in [-0.15, -0.1) is 0 Å². The average Bonchev–Trinajstić information content (AvgIpc) is 3.17. The Morgan fingerprint density at radius 3 is 2.91 bits per heavy atom. The van der Waals surface area contributed by atoms with Gasteiger partial charge in [0.2, 0.25) is 5.88 Å². The summed E-state index contributed by atoms with van der Waals surface area (Å²) >= 11 is 0. The van der Waals surface area contributed by atoms with Gasteiger partial charge in [0.15, 0.2) is 0 Å². The zero-order valence-corrected chi connectivity index (χ0v) is 13.0. The van der Waals surface area contributed by atoms with Crippen molar-refractivity contribution >= 4 is 11.8 Å². The minimum Gasteiger partial charge on any atom is -0.480 e. The molecule has 120 valence electrons. The van der Waals surface area contributed by atoms with Crippen LogP contribution in [0.25, 0.3) is 0 Å². The molecule has 2 aliphatic heterocycles. The molecule has 0 radical (unpaired) electrons. The number of aromatic nitrogens is 1. The molecule has 0 amide bonds. The molecule has 2 saturated heterocycles. The second kappa shape index (κ2) is 6.52. The van der Waals surface area contributed by atoms with Gasteiger partial charge in [-0.3, -0.25) is 0 Å². The van der Waals surface area contributed by atoms with Gasteiger partial charge in [0.05, 0.1) is 26.4 Å². The predicted octanol–water partition coefficient (Wildman–Crippen LogP) is 2.25. The summed E-state index contributed by atoms with van der Waals surface area (Å²) < 4.78 is 15.7. The van der Waals surface area contributed by atoms with E-state index >= 15 is 0 Å². The molecule has 0 spiro atoms. The molecule has 1 N–H and O–H groups in total. The van der Waals surface area contributed by atoms with Crippen molar-refractivity contribution in [3.8, 4) is 5.88 Å². The van der Waals surface area contributed by atoms with Crippen molar-refractivity contribution in [3.05, 3.63) is 17.7 Å². The van der Waals surface area contributed by atoms with Crippen LogP contribution in [0.4, 0.5) is 5.82 Å². The molecule has 6 heteroatoms. The van der Waals surface area contributed by atoms with Crippen LogP contribution in [0, 0.1) is 5.92 Å². The highest BCUT2D eigenvalue weighted by atomic mass is 16.5. The van der Waals surface area contributed by atoms with E-state index in [-0.39, 0.29) is 5.88 Å². The van der Waals surface area contributed by atoms with Crippen molar-refractivity contribution in [3.63, 3.8) is 0 Å². The van der Waals surface area contributed by atoms with Gasteiger partial charge in [-0.05, 0) is 43.7 Å². The van der Waals surface area contributed by atoms with Gasteiger partial charge >= 0.3 is 5.97 Å². The number of nitrogens with one attached hydrogen (secondary N) is 1. The Kier molecular flexibility index (Phi) is 4.47. The third-order valence-corrected chi connectivity index (χ3v) is 4.51. The van der Waals surface area contributed by atoms with Crippen LogP contribution in [0.2, 0.25) is 0 Å². The molecular formula is C16H22N2O4. The number of carbonyl (C=O) groups excluding carboxylic acids is 1. The topological polar surface area (TPSA) is 69.7 Å². The molecule has 22 heavy (non-hydrogen) atoms. The number of ether oxygens (including phenoxy) is 3. The highest BCUT2D eigenvalue weighted by Gasteiger charge is 2.40. The molecule has 2 bridgehead atoms. The molecule has 3 unspecified atom stereocenters. The zero-order valence-electron chi connectivity index (χ0n) is 13.0. The third-order valence-electron chi connectivity index (χ3n) is 4.51. The lowest BCUT2D eigenvalue weighted by atomic mass is 9.87. The fraction of sp³-hybridized carbons (Fsp3) is 0.625. The Morgan fingerprint density at radius 2 is 2.27 bits per heavy atom. The first kappa shape index (κ1) is 15.1. The second-order valence-corrected chi connectivity index (χ2v) is 5.83. The van der Waals surface area contributed by atoms with Gasteiger partial charge in [0.25, 0.3) is 0 Å². The normalized spacial score (nSPS) is 26.0. The molecule has 6 nitrogen and oxygen atoms in total. The summed E-state index contributed by atoms with van der Waals surface area (Å²) in [6.07, 6.45) is 5.63. The van der Waals surface area contributed by atoms with Crippen LogP contribution in [0.3, 0.4) is 0 Å². The van der Waals surface area contributed by atoms with Crippen LogP contribution in [-0.4, -0.2) is 43.9 Å². The maximum atomic E-state index is 11.6. The summed E-state index contributed by atoms with van der Waals surface area (Å²) in [7, 11) is 2.83. The standard InChI is InChI=1S/C16H22N2O4/c1-20-15-12(16(19)21-2)4-6-14(18-15)17-8-7-10-9-11-3-5-13(10)22-11/h4,6,10-11,13H,3,5,7-9H2,1-2H3,(H,17,18). The lowest BCUT2D eigenvalue weighted by Crippen LogP contribution is -2.19. The van der Waals surface area contributed by atoms with Crippen molar-refractivity contribution in [2.24, 2.45) is 5.92 Å². The Balaban J connectivity index is 1.55. The van der Waals surface area contributed by atoms with E-state index < -0.39 is 5.97 Å². The molecule has 1 aromatic rings. The number of fused-ring (bicyclic) bond motifs is 2. The van der Waals surface area contributed by atoms with Crippen LogP contribution in [0.15, 0.2) is 12.1 Å². The first-order valence-corrected chi connectivity index (χ1v) is 7.74. The number of carbonyl (C=O) groups is 1. The molecule has 0 aliphatic carbocycles. The van der Waals surface area contributed by atoms with E-state index in [4.69, 9.17) is 14.2 Å². The average molecular weight is 306 g/mol. The van der Waals surface area contributed by atoms with E-state index in [1.54, 1.807) is 12.1 Å². The van der Waals surface area contributed by atoms with Gasteiger partial charge in [-0.25, -0.2) is 4.79 Å². The van der Waals surface area contributed by atoms with Gasteiger partial charge in [0.1, 0.15) is 11.4 Å². The molecule has 3 atom stereocenters. The van der Waals surface area contributed by atoms with Crippen molar-refractivity contribution in [1.82, 2.24) is 4.98 Å². The molecule has 2 fully saturated rings. The van der Waals surface area contributed by atoms with Gasteiger partial charge in [-0.2, -0.15) is 4.98 Å². The second-order valence-electron chi connectivity index (χ2n) is 5.83. The van der Waals surface area contributed by atoms with Crippen LogP contribution >= 0.6 is 0 Å². The molecule has 3 rings (SSSR count). The Hall–Kier alpha value is -1.82. The maximum Gasteiger partial charge on any atom is 0.343 e. The number of pyridine rings is 1. The van der Waals surface area contributed by atoms with Crippen LogP contribution in [0.1, 0.15) is 36.0 Å². The summed E-state index contributed by atoms with van der Waals surface area (Å²) in [5.41, 5.74) is 0.331. The molecule has 1 aromatic heterocycles. The van der Waals surface area contributed by atoms with Gasteiger partial charge in [-0.1, -0.05) is 0 Å². The lowest BCUT2D eigenvalue weighted by Gasteiger charge is -2.18. The lowest BCUT2D eigenvalue weighted by molar-refractivity contribution is 0.0596. The molecule has 0 aromatic carbocycles. The Morgan fingerprint density at radius 1 is 1.41 bits per heavy atom. The summed E-state index contributed by atoms with van der Waals surface area (Å²) in [4.78, 5) is 15.9. The third kappa shape index (κ3) is 3.02. The maximum absolute atomic E-state index is 11.6. The number of rotatable bonds is 6. The highest BCUT2D eigenvalue weighted by Crippen LogP contribution is 2.40. The summed E-state index contributed by atoms with van der Waals surface area (Å²) in [5.74, 6) is 1.19. The number of hydrogen-bond donors (Lipinski definition) is 1. The van der Waals surface area contributed by atoms with Crippen LogP contribution in [0.5, 0.6) is 5.88 Å². The number of esters is 1. The number of hydrogen-bond acceptors (Lipinski definition) is 6. The fourth-order valence-electron chi connectivity index (χ4n) is 3.39. The monoisotopic (exact) mass is 306 g/mol. The molecule has 2 aliphatic rings. The van der Waals surface area contributed by atoms with E-state index in [0.717, 1.165) is 13.0 Å². The quantitative estimate of drug-likeness (QED) is 0.813. The van der Waals surface area contributed by atoms with E-state index in [1.165, 1.54) is 33.5 Å². The Labute approximate surface area is 130 Å². The van der Waals surface area contributed by atoms with Crippen molar-refractivity contribution < 1.29 is 19.0 Å². The van der Waals surface area contributed by atoms with Crippen LogP contribution in [-0.2, 0) is 9.47 Å². The molecule has 3 heterocycles. The number of anilines is 1. The Bertz CT molecular complexity index is 549. The summed E-state index contributed by atoms with van der Waals surface area (Å²) in [6, 6.07) is 3.44. The van der Waals surface area contributed by atoms with E-state index in [9.17, 15) is 4.79 Å². The molecular weight excluding hydrogens is 284 g/mol. The number of methoxy groups -OCH3 is 2. The van der Waals surface area contributed by atoms with Crippen molar-refractivity contribution in [1.29, 1.82) is 0 Å². The largest absolute Gasteiger partial charge is 0.480 e. The minimum absolute atomic E-state index is 0.278. The highest BCUT2D eigenvalue weighted by molar-refractivity contribution is 5.92. The first-order chi connectivity index (χ1) is 10.7. The van der Waals surface area contributed by atoms with Gasteiger partial charge < -0.3 is 19.5 Å². The summed E-state index contributed by atoms with van der Waals surface area (Å²) in [5, 5.41) is 3.29. The minimum atomic E-state index is -0.449. The van der Waals surface area contributed by atoms with E-state index in [2.05, 4.69) is 10.3 Å². The molecule has 0 saturated carbocycles. The van der Waals surface area contributed by atoms with Gasteiger partial charge in [0, 0.05) is 6.54 Å². The SMILES string of the molecule is COC(=O)c1ccc(NCCC2CC3CCC2O3)nc1OC. The fourth-order valence-corrected chi connectivity index (χ4v) is 3.39. The zero-order chi connectivity index (χ0) is 15.5. The summed E-state index contributed by atoms with van der Waals surface area (Å²) in [6.45, 7) is 0.838. The van der Waals surface area contributed by atoms with Crippen LogP contribution < -0.4 is 10.1 Å². The van der Waals surface area contributed by atoms with E-state index in [1.807, 2.05) is 0 Å². The smallest absolute Gasteiger partial charge is 0.343 e. The number of nitrogens with zero attached hydrogens (tertiary/aromatic N) is 1. The van der Waals surface area contributed by atoms with Crippen molar-refractivity contribution in [2.45, 2.75) is 37.9 Å². The predicted molar refractivity (Wildman–Crippen MR) is 81.2 cm³/mol. The van der Waals surface area contributed by atoms with Crippen molar-refractivity contribution in [2.75, 3.05) is 26.1 Å². The first-order valence-electron chi connectivity index (χ1n) is 7.74. The van der Waals surface area contributed by atoms with E-state index in [0.29, 0.717) is 29.5 Å².